The van der Waals surface area contributed by atoms with Crippen LogP contribution < -0.4 is 10.9 Å². The molecule has 0 radical (unpaired) electrons. The van der Waals surface area contributed by atoms with Crippen molar-refractivity contribution in [3.63, 3.8) is 0 Å². The van der Waals surface area contributed by atoms with Crippen molar-refractivity contribution >= 4 is 18.0 Å². The predicted molar refractivity (Wildman–Crippen MR) is 130 cm³/mol. The molecule has 1 aliphatic carbocycles. The molecule has 2 aliphatic rings. The minimum atomic E-state index is -2.04. The first kappa shape index (κ1) is 26.5. The molecule has 1 N–H and O–H groups in total. The van der Waals surface area contributed by atoms with E-state index in [1.54, 1.807) is 19.1 Å². The first-order valence-corrected chi connectivity index (χ1v) is 12.4. The smallest absolute Gasteiger partial charge is 0.425 e. The molecule has 1 aromatic heterocycles. The standard InChI is InChI=1S/C27H31F2N3O5/c1-15(2)19-9-7-16(3)12-22(19)37-26(36)32-24(34)27(30-25(32)35,18-8-10-20(28)21(29)13-18)14-31-11-5-6-17(4)23(31)33/h5-6,8,10-11,13,15-16,19,22H,7,9,12,14H2,1-4H3,(H,30,35)/t16-,19?,22-,27?/m1/s1. The summed E-state index contributed by atoms with van der Waals surface area (Å²) < 4.78 is 34.9. The van der Waals surface area contributed by atoms with Gasteiger partial charge in [-0.25, -0.2) is 18.4 Å². The summed E-state index contributed by atoms with van der Waals surface area (Å²) >= 11 is 0. The van der Waals surface area contributed by atoms with Crippen molar-refractivity contribution < 1.29 is 27.9 Å². The lowest BCUT2D eigenvalue weighted by molar-refractivity contribution is -0.131. The van der Waals surface area contributed by atoms with Crippen molar-refractivity contribution in [1.29, 1.82) is 0 Å². The highest BCUT2D eigenvalue weighted by Crippen LogP contribution is 2.37. The first-order valence-electron chi connectivity index (χ1n) is 12.4. The van der Waals surface area contributed by atoms with Crippen LogP contribution in [0, 0.1) is 36.3 Å². The van der Waals surface area contributed by atoms with Crippen molar-refractivity contribution in [1.82, 2.24) is 14.8 Å². The summed E-state index contributed by atoms with van der Waals surface area (Å²) in [4.78, 5) is 53.2. The lowest BCUT2D eigenvalue weighted by Gasteiger charge is -2.37. The number of nitrogens with zero attached hydrogens (tertiary/aromatic N) is 2. The number of carbonyl (C=O) groups is 3. The summed E-state index contributed by atoms with van der Waals surface area (Å²) in [5.41, 5.74) is -2.22. The van der Waals surface area contributed by atoms with Crippen LogP contribution in [0.15, 0.2) is 41.3 Å². The molecule has 1 aliphatic heterocycles. The number of pyridine rings is 1. The predicted octanol–water partition coefficient (Wildman–Crippen LogP) is 4.48. The molecule has 10 heteroatoms. The van der Waals surface area contributed by atoms with Gasteiger partial charge in [0.05, 0.1) is 6.54 Å². The normalized spacial score (nSPS) is 25.9. The van der Waals surface area contributed by atoms with Gasteiger partial charge in [-0.3, -0.25) is 9.59 Å². The van der Waals surface area contributed by atoms with E-state index in [2.05, 4.69) is 12.2 Å². The summed E-state index contributed by atoms with van der Waals surface area (Å²) in [6, 6.07) is 4.84. The van der Waals surface area contributed by atoms with E-state index < -0.39 is 53.4 Å². The minimum absolute atomic E-state index is 0.0720. The van der Waals surface area contributed by atoms with Gasteiger partial charge in [-0.1, -0.05) is 39.3 Å². The molecule has 1 saturated carbocycles. The molecule has 2 aromatic rings. The molecular formula is C27H31F2N3O5. The quantitative estimate of drug-likeness (QED) is 0.593. The van der Waals surface area contributed by atoms with Crippen molar-refractivity contribution in [2.45, 2.75) is 65.1 Å². The summed E-state index contributed by atoms with van der Waals surface area (Å²) in [6.45, 7) is 7.25. The SMILES string of the molecule is Cc1cccn(CC2(c3ccc(F)c(F)c3)NC(=O)N(C(=O)O[C@@H]3C[C@H](C)CCC3C(C)C)C2=O)c1=O. The zero-order chi connectivity index (χ0) is 27.1. The van der Waals surface area contributed by atoms with Gasteiger partial charge in [-0.05, 0) is 61.3 Å². The molecule has 4 rings (SSSR count). The maximum Gasteiger partial charge on any atom is 0.425 e. The molecule has 2 heterocycles. The lowest BCUT2D eigenvalue weighted by Crippen LogP contribution is -2.50. The Bertz CT molecular complexity index is 1290. The van der Waals surface area contributed by atoms with E-state index >= 15 is 0 Å². The van der Waals surface area contributed by atoms with Crippen LogP contribution in [0.1, 0.15) is 51.2 Å². The summed E-state index contributed by atoms with van der Waals surface area (Å²) in [7, 11) is 0. The Morgan fingerprint density at radius 3 is 2.57 bits per heavy atom. The Hall–Kier alpha value is -3.56. The van der Waals surface area contributed by atoms with E-state index in [9.17, 15) is 28.0 Å². The Morgan fingerprint density at radius 2 is 1.89 bits per heavy atom. The van der Waals surface area contributed by atoms with E-state index in [1.807, 2.05) is 13.8 Å². The molecule has 2 unspecified atom stereocenters. The third kappa shape index (κ3) is 4.89. The van der Waals surface area contributed by atoms with Crippen LogP contribution >= 0.6 is 0 Å². The van der Waals surface area contributed by atoms with Crippen molar-refractivity contribution in [3.8, 4) is 0 Å². The number of benzene rings is 1. The van der Waals surface area contributed by atoms with Crippen LogP contribution in [0.4, 0.5) is 18.4 Å². The fourth-order valence-electron chi connectivity index (χ4n) is 5.37. The number of nitrogens with one attached hydrogen (secondary N) is 1. The topological polar surface area (TPSA) is 97.7 Å². The summed E-state index contributed by atoms with van der Waals surface area (Å²) in [5.74, 6) is -2.82. The number of aromatic nitrogens is 1. The van der Waals surface area contributed by atoms with Gasteiger partial charge in [0, 0.05) is 11.8 Å². The van der Waals surface area contributed by atoms with Gasteiger partial charge in [-0.15, -0.1) is 0 Å². The molecule has 1 saturated heterocycles. The first-order chi connectivity index (χ1) is 17.4. The second kappa shape index (κ2) is 10.1. The number of rotatable bonds is 5. The maximum absolute atomic E-state index is 14.3. The number of amides is 4. The van der Waals surface area contributed by atoms with Crippen LogP contribution in [0.5, 0.6) is 0 Å². The van der Waals surface area contributed by atoms with Gasteiger partial charge in [0.15, 0.2) is 17.2 Å². The Kier molecular flexibility index (Phi) is 7.21. The fraction of sp³-hybridized carbons (Fsp3) is 0.481. The highest BCUT2D eigenvalue weighted by Gasteiger charge is 2.56. The lowest BCUT2D eigenvalue weighted by atomic mass is 9.75. The average molecular weight is 516 g/mol. The monoisotopic (exact) mass is 515 g/mol. The molecule has 198 valence electrons. The number of aryl methyl sites for hydroxylation is 1. The van der Waals surface area contributed by atoms with Crippen molar-refractivity contribution in [2.75, 3.05) is 0 Å². The number of hydrogen-bond donors (Lipinski definition) is 1. The van der Waals surface area contributed by atoms with Gasteiger partial charge in [0.25, 0.3) is 11.5 Å². The third-order valence-corrected chi connectivity index (χ3v) is 7.52. The highest BCUT2D eigenvalue weighted by atomic mass is 19.2. The number of urea groups is 1. The molecule has 0 spiro atoms. The molecule has 0 bridgehead atoms. The van der Waals surface area contributed by atoms with Crippen LogP contribution in [0.3, 0.4) is 0 Å². The van der Waals surface area contributed by atoms with Gasteiger partial charge in [0.1, 0.15) is 6.10 Å². The summed E-state index contributed by atoms with van der Waals surface area (Å²) in [5, 5.41) is 2.47. The molecule has 4 atom stereocenters. The van der Waals surface area contributed by atoms with E-state index in [4.69, 9.17) is 4.74 Å². The van der Waals surface area contributed by atoms with Crippen molar-refractivity contribution in [3.05, 3.63) is 69.6 Å². The molecular weight excluding hydrogens is 484 g/mol. The zero-order valence-electron chi connectivity index (χ0n) is 21.3. The number of halogens is 2. The van der Waals surface area contributed by atoms with Crippen LogP contribution in [0.25, 0.3) is 0 Å². The molecule has 2 fully saturated rings. The van der Waals surface area contributed by atoms with Gasteiger partial charge in [0.2, 0.25) is 0 Å². The third-order valence-electron chi connectivity index (χ3n) is 7.52. The van der Waals surface area contributed by atoms with Gasteiger partial charge in [-0.2, -0.15) is 4.90 Å². The fourth-order valence-corrected chi connectivity index (χ4v) is 5.37. The second-order valence-electron chi connectivity index (χ2n) is 10.5. The van der Waals surface area contributed by atoms with Crippen LogP contribution in [-0.2, 0) is 21.6 Å². The van der Waals surface area contributed by atoms with Gasteiger partial charge >= 0.3 is 12.1 Å². The number of imide groups is 3. The number of ether oxygens (including phenoxy) is 1. The van der Waals surface area contributed by atoms with E-state index in [0.717, 1.165) is 31.0 Å². The number of carbonyl (C=O) groups excluding carboxylic acids is 3. The largest absolute Gasteiger partial charge is 0.445 e. The summed E-state index contributed by atoms with van der Waals surface area (Å²) in [6.07, 6.45) is 2.25. The molecule has 37 heavy (non-hydrogen) atoms. The Morgan fingerprint density at radius 1 is 1.16 bits per heavy atom. The second-order valence-corrected chi connectivity index (χ2v) is 10.5. The van der Waals surface area contributed by atoms with Gasteiger partial charge < -0.3 is 14.6 Å². The van der Waals surface area contributed by atoms with Crippen molar-refractivity contribution in [2.24, 2.45) is 17.8 Å². The Labute approximate surface area is 213 Å². The molecule has 8 nitrogen and oxygen atoms in total. The van der Waals surface area contributed by atoms with Crippen LogP contribution in [0.2, 0.25) is 0 Å². The van der Waals surface area contributed by atoms with E-state index in [-0.39, 0.29) is 17.4 Å². The zero-order valence-corrected chi connectivity index (χ0v) is 21.3. The molecule has 4 amide bonds. The highest BCUT2D eigenvalue weighted by molar-refractivity contribution is 6.17. The van der Waals surface area contributed by atoms with E-state index in [0.29, 0.717) is 22.8 Å². The number of hydrogen-bond acceptors (Lipinski definition) is 5. The molecule has 1 aromatic carbocycles. The minimum Gasteiger partial charge on any atom is -0.445 e. The van der Waals surface area contributed by atoms with Crippen LogP contribution in [-0.4, -0.2) is 33.6 Å². The average Bonchev–Trinajstić information content (AvgIpc) is 3.08. The van der Waals surface area contributed by atoms with E-state index in [1.165, 1.54) is 10.8 Å². The maximum atomic E-state index is 14.3. The Balaban J connectivity index is 1.72.